The van der Waals surface area contributed by atoms with Crippen LogP contribution in [0.2, 0.25) is 0 Å². The molecule has 1 unspecified atom stereocenters. The standard InChI is InChI=1S/C26H21N3O3/c30-25(21-9-5-2-6-10-21)29-23(26(31)32)15-18-11-13-20(14-12-18)24-27-16-22(17-28-24)19-7-3-1-4-8-19/h1-14,16-17,23H,15H2,(H,29,30)(H,31,32). The van der Waals surface area contributed by atoms with Crippen LogP contribution in [-0.2, 0) is 11.2 Å². The summed E-state index contributed by atoms with van der Waals surface area (Å²) in [6, 6.07) is 24.8. The molecule has 0 bridgehead atoms. The minimum atomic E-state index is -1.09. The molecular formula is C26H21N3O3. The van der Waals surface area contributed by atoms with Crippen LogP contribution in [-0.4, -0.2) is 33.0 Å². The van der Waals surface area contributed by atoms with E-state index in [-0.39, 0.29) is 6.42 Å². The molecule has 32 heavy (non-hydrogen) atoms. The molecule has 0 aliphatic rings. The van der Waals surface area contributed by atoms with Gasteiger partial charge in [0, 0.05) is 35.5 Å². The molecule has 1 amide bonds. The Labute approximate surface area is 185 Å². The lowest BCUT2D eigenvalue weighted by Gasteiger charge is -2.15. The summed E-state index contributed by atoms with van der Waals surface area (Å²) in [6.07, 6.45) is 3.73. The molecule has 1 heterocycles. The van der Waals surface area contributed by atoms with Crippen molar-refractivity contribution < 1.29 is 14.7 Å². The van der Waals surface area contributed by atoms with Gasteiger partial charge in [0.15, 0.2) is 5.82 Å². The molecule has 0 spiro atoms. The number of carbonyl (C=O) groups is 2. The van der Waals surface area contributed by atoms with Gasteiger partial charge < -0.3 is 10.4 Å². The van der Waals surface area contributed by atoms with Crippen LogP contribution in [0, 0.1) is 0 Å². The van der Waals surface area contributed by atoms with Crippen LogP contribution in [0.5, 0.6) is 0 Å². The Kier molecular flexibility index (Phi) is 6.32. The first kappa shape index (κ1) is 20.9. The normalized spacial score (nSPS) is 11.5. The molecule has 4 aromatic rings. The molecule has 0 radical (unpaired) electrons. The van der Waals surface area contributed by atoms with Crippen molar-refractivity contribution in [2.45, 2.75) is 12.5 Å². The molecular weight excluding hydrogens is 402 g/mol. The Morgan fingerprint density at radius 1 is 0.750 bits per heavy atom. The highest BCUT2D eigenvalue weighted by Gasteiger charge is 2.21. The van der Waals surface area contributed by atoms with Gasteiger partial charge in [-0.15, -0.1) is 0 Å². The second kappa shape index (κ2) is 9.66. The van der Waals surface area contributed by atoms with Gasteiger partial charge >= 0.3 is 5.97 Å². The number of rotatable bonds is 7. The fourth-order valence-electron chi connectivity index (χ4n) is 3.31. The second-order valence-electron chi connectivity index (χ2n) is 7.29. The average Bonchev–Trinajstić information content (AvgIpc) is 2.85. The second-order valence-corrected chi connectivity index (χ2v) is 7.29. The van der Waals surface area contributed by atoms with Crippen molar-refractivity contribution in [2.24, 2.45) is 0 Å². The first-order valence-electron chi connectivity index (χ1n) is 10.2. The molecule has 0 saturated carbocycles. The lowest BCUT2D eigenvalue weighted by atomic mass is 10.0. The van der Waals surface area contributed by atoms with Gasteiger partial charge in [-0.3, -0.25) is 4.79 Å². The maximum absolute atomic E-state index is 12.3. The summed E-state index contributed by atoms with van der Waals surface area (Å²) in [5.74, 6) is -0.914. The Morgan fingerprint density at radius 3 is 1.94 bits per heavy atom. The topological polar surface area (TPSA) is 92.2 Å². The third kappa shape index (κ3) is 5.05. The first-order valence-corrected chi connectivity index (χ1v) is 10.2. The Balaban J connectivity index is 1.44. The van der Waals surface area contributed by atoms with E-state index in [4.69, 9.17) is 0 Å². The predicted octanol–water partition coefficient (Wildman–Crippen LogP) is 4.24. The zero-order chi connectivity index (χ0) is 22.3. The van der Waals surface area contributed by atoms with Crippen LogP contribution in [0.3, 0.4) is 0 Å². The molecule has 1 atom stereocenters. The van der Waals surface area contributed by atoms with Crippen LogP contribution in [0.25, 0.3) is 22.5 Å². The van der Waals surface area contributed by atoms with Gasteiger partial charge in [-0.25, -0.2) is 14.8 Å². The summed E-state index contributed by atoms with van der Waals surface area (Å²) in [4.78, 5) is 32.9. The molecule has 0 fully saturated rings. The molecule has 0 aliphatic carbocycles. The van der Waals surface area contributed by atoms with E-state index >= 15 is 0 Å². The minimum Gasteiger partial charge on any atom is -0.480 e. The lowest BCUT2D eigenvalue weighted by molar-refractivity contribution is -0.139. The van der Waals surface area contributed by atoms with Gasteiger partial charge in [0.1, 0.15) is 6.04 Å². The van der Waals surface area contributed by atoms with Crippen LogP contribution in [0.4, 0.5) is 0 Å². The van der Waals surface area contributed by atoms with E-state index in [9.17, 15) is 14.7 Å². The summed E-state index contributed by atoms with van der Waals surface area (Å²) in [6.45, 7) is 0. The van der Waals surface area contributed by atoms with Crippen LogP contribution < -0.4 is 5.32 Å². The van der Waals surface area contributed by atoms with Crippen molar-refractivity contribution in [3.05, 3.63) is 108 Å². The van der Waals surface area contributed by atoms with E-state index in [1.165, 1.54) is 0 Å². The van der Waals surface area contributed by atoms with Crippen LogP contribution >= 0.6 is 0 Å². The average molecular weight is 423 g/mol. The number of hydrogen-bond donors (Lipinski definition) is 2. The zero-order valence-electron chi connectivity index (χ0n) is 17.2. The van der Waals surface area contributed by atoms with Crippen LogP contribution in [0.15, 0.2) is 97.3 Å². The molecule has 2 N–H and O–H groups in total. The molecule has 1 aromatic heterocycles. The zero-order valence-corrected chi connectivity index (χ0v) is 17.2. The van der Waals surface area contributed by atoms with Gasteiger partial charge in [-0.1, -0.05) is 72.8 Å². The highest BCUT2D eigenvalue weighted by Crippen LogP contribution is 2.21. The highest BCUT2D eigenvalue weighted by atomic mass is 16.4. The largest absolute Gasteiger partial charge is 0.480 e. The fourth-order valence-corrected chi connectivity index (χ4v) is 3.31. The molecule has 4 rings (SSSR count). The van der Waals surface area contributed by atoms with E-state index < -0.39 is 17.9 Å². The van der Waals surface area contributed by atoms with Crippen LogP contribution in [0.1, 0.15) is 15.9 Å². The maximum Gasteiger partial charge on any atom is 0.326 e. The minimum absolute atomic E-state index is 0.169. The van der Waals surface area contributed by atoms with Crippen molar-refractivity contribution in [2.75, 3.05) is 0 Å². The number of amides is 1. The monoisotopic (exact) mass is 423 g/mol. The summed E-state index contributed by atoms with van der Waals surface area (Å²) >= 11 is 0. The lowest BCUT2D eigenvalue weighted by Crippen LogP contribution is -2.42. The number of carboxylic acids is 1. The van der Waals surface area contributed by atoms with Gasteiger partial charge in [-0.05, 0) is 23.3 Å². The molecule has 3 aromatic carbocycles. The molecule has 0 saturated heterocycles. The third-order valence-corrected chi connectivity index (χ3v) is 5.05. The summed E-state index contributed by atoms with van der Waals surface area (Å²) in [5, 5.41) is 12.1. The summed E-state index contributed by atoms with van der Waals surface area (Å²) < 4.78 is 0. The van der Waals surface area contributed by atoms with Gasteiger partial charge in [0.2, 0.25) is 0 Å². The summed E-state index contributed by atoms with van der Waals surface area (Å²) in [7, 11) is 0. The van der Waals surface area contributed by atoms with Crippen molar-refractivity contribution >= 4 is 11.9 Å². The van der Waals surface area contributed by atoms with Crippen molar-refractivity contribution in [1.82, 2.24) is 15.3 Å². The number of hydrogen-bond acceptors (Lipinski definition) is 4. The molecule has 6 nitrogen and oxygen atoms in total. The van der Waals surface area contributed by atoms with Crippen molar-refractivity contribution in [1.29, 1.82) is 0 Å². The van der Waals surface area contributed by atoms with E-state index in [1.807, 2.05) is 54.6 Å². The SMILES string of the molecule is O=C(NC(Cc1ccc(-c2ncc(-c3ccccc3)cn2)cc1)C(=O)O)c1ccccc1. The number of carboxylic acid groups (broad SMARTS) is 1. The van der Waals surface area contributed by atoms with Crippen molar-refractivity contribution in [3.8, 4) is 22.5 Å². The summed E-state index contributed by atoms with van der Waals surface area (Å²) in [5.41, 5.74) is 4.02. The predicted molar refractivity (Wildman–Crippen MR) is 122 cm³/mol. The van der Waals surface area contributed by atoms with Gasteiger partial charge in [-0.2, -0.15) is 0 Å². The van der Waals surface area contributed by atoms with Crippen molar-refractivity contribution in [3.63, 3.8) is 0 Å². The first-order chi connectivity index (χ1) is 15.6. The fraction of sp³-hybridized carbons (Fsp3) is 0.0769. The number of carbonyl (C=O) groups excluding carboxylic acids is 1. The molecule has 6 heteroatoms. The Bertz CT molecular complexity index is 1190. The number of nitrogens with one attached hydrogen (secondary N) is 1. The smallest absolute Gasteiger partial charge is 0.326 e. The highest BCUT2D eigenvalue weighted by molar-refractivity contribution is 5.96. The number of nitrogens with zero attached hydrogens (tertiary/aromatic N) is 2. The quantitative estimate of drug-likeness (QED) is 0.464. The molecule has 0 aliphatic heterocycles. The van der Waals surface area contributed by atoms with Gasteiger partial charge in [0.25, 0.3) is 5.91 Å². The van der Waals surface area contributed by atoms with Gasteiger partial charge in [0.05, 0.1) is 0 Å². The molecule has 158 valence electrons. The number of benzene rings is 3. The number of aromatic nitrogens is 2. The van der Waals surface area contributed by atoms with E-state index in [0.717, 1.165) is 22.3 Å². The number of aliphatic carboxylic acids is 1. The van der Waals surface area contributed by atoms with E-state index in [0.29, 0.717) is 11.4 Å². The third-order valence-electron chi connectivity index (χ3n) is 5.05. The van der Waals surface area contributed by atoms with E-state index in [1.54, 1.807) is 42.7 Å². The Morgan fingerprint density at radius 2 is 1.34 bits per heavy atom. The van der Waals surface area contributed by atoms with E-state index in [2.05, 4.69) is 15.3 Å². The maximum atomic E-state index is 12.3. The Hall–Kier alpha value is -4.32.